The summed E-state index contributed by atoms with van der Waals surface area (Å²) in [6, 6.07) is 9.47. The zero-order chi connectivity index (χ0) is 9.97. The largest absolute Gasteiger partial charge is 0.496 e. The lowest BCUT2D eigenvalue weighted by atomic mass is 10.1. The molecule has 0 fully saturated rings. The Morgan fingerprint density at radius 2 is 2.14 bits per heavy atom. The number of aromatic amines is 1. The van der Waals surface area contributed by atoms with Crippen LogP contribution in [0, 0.1) is 0 Å². The molecule has 0 aliphatic heterocycles. The molecule has 1 aromatic carbocycles. The van der Waals surface area contributed by atoms with E-state index in [4.69, 9.17) is 16.3 Å². The highest BCUT2D eigenvalue weighted by Gasteiger charge is 2.06. The van der Waals surface area contributed by atoms with Crippen molar-refractivity contribution in [3.63, 3.8) is 0 Å². The highest BCUT2D eigenvalue weighted by Crippen LogP contribution is 2.31. The van der Waals surface area contributed by atoms with E-state index in [9.17, 15) is 0 Å². The lowest BCUT2D eigenvalue weighted by Crippen LogP contribution is -1.87. The van der Waals surface area contributed by atoms with Gasteiger partial charge in [0.05, 0.1) is 7.11 Å². The van der Waals surface area contributed by atoms with E-state index < -0.39 is 0 Å². The third-order valence-corrected chi connectivity index (χ3v) is 2.28. The van der Waals surface area contributed by atoms with Crippen LogP contribution >= 0.6 is 11.6 Å². The van der Waals surface area contributed by atoms with Crippen molar-refractivity contribution in [2.24, 2.45) is 0 Å². The van der Waals surface area contributed by atoms with Crippen molar-refractivity contribution in [2.45, 2.75) is 0 Å². The Bertz CT molecular complexity index is 423. The minimum atomic E-state index is 0.704. The quantitative estimate of drug-likeness (QED) is 0.803. The first-order valence-corrected chi connectivity index (χ1v) is 4.66. The van der Waals surface area contributed by atoms with E-state index in [-0.39, 0.29) is 0 Å². The number of hydrogen-bond acceptors (Lipinski definition) is 1. The summed E-state index contributed by atoms with van der Waals surface area (Å²) < 4.78 is 5.25. The summed E-state index contributed by atoms with van der Waals surface area (Å²) in [6.07, 6.45) is 1.87. The molecule has 1 N–H and O–H groups in total. The second kappa shape index (κ2) is 3.76. The molecular formula is C11H10ClNO. The minimum absolute atomic E-state index is 0.704. The molecule has 0 unspecified atom stereocenters. The molecule has 3 heteroatoms. The van der Waals surface area contributed by atoms with Gasteiger partial charge in [-0.1, -0.05) is 11.6 Å². The van der Waals surface area contributed by atoms with Gasteiger partial charge in [-0.2, -0.15) is 0 Å². The van der Waals surface area contributed by atoms with Gasteiger partial charge in [0.2, 0.25) is 0 Å². The van der Waals surface area contributed by atoms with Crippen LogP contribution in [-0.2, 0) is 0 Å². The molecule has 0 aliphatic rings. The van der Waals surface area contributed by atoms with Gasteiger partial charge >= 0.3 is 0 Å². The Labute approximate surface area is 87.5 Å². The molecule has 2 aromatic rings. The maximum absolute atomic E-state index is 5.92. The number of H-pyrrole nitrogens is 1. The summed E-state index contributed by atoms with van der Waals surface area (Å²) in [5.74, 6) is 0.817. The lowest BCUT2D eigenvalue weighted by Gasteiger charge is -2.06. The van der Waals surface area contributed by atoms with E-state index in [2.05, 4.69) is 4.98 Å². The Kier molecular flexibility index (Phi) is 2.46. The zero-order valence-corrected chi connectivity index (χ0v) is 8.51. The highest BCUT2D eigenvalue weighted by atomic mass is 35.5. The van der Waals surface area contributed by atoms with Crippen molar-refractivity contribution in [1.82, 2.24) is 4.98 Å². The van der Waals surface area contributed by atoms with E-state index in [1.165, 1.54) is 0 Å². The van der Waals surface area contributed by atoms with Gasteiger partial charge in [0, 0.05) is 22.5 Å². The predicted molar refractivity (Wildman–Crippen MR) is 57.8 cm³/mol. The molecule has 0 spiro atoms. The van der Waals surface area contributed by atoms with Crippen LogP contribution in [0.3, 0.4) is 0 Å². The van der Waals surface area contributed by atoms with Crippen molar-refractivity contribution in [3.8, 4) is 17.0 Å². The molecule has 0 amide bonds. The Hall–Kier alpha value is -1.41. The molecule has 0 saturated heterocycles. The minimum Gasteiger partial charge on any atom is -0.496 e. The molecule has 0 bridgehead atoms. The standard InChI is InChI=1S/C11H10ClNO/c1-14-11-5-4-8(12)7-9(11)10-3-2-6-13-10/h2-7,13H,1H3. The summed E-state index contributed by atoms with van der Waals surface area (Å²) in [5, 5.41) is 0.704. The number of methoxy groups -OCH3 is 1. The van der Waals surface area contributed by atoms with Crippen LogP contribution in [0.2, 0.25) is 5.02 Å². The van der Waals surface area contributed by atoms with Crippen LogP contribution in [0.5, 0.6) is 5.75 Å². The Morgan fingerprint density at radius 3 is 2.79 bits per heavy atom. The van der Waals surface area contributed by atoms with Gasteiger partial charge in [0.25, 0.3) is 0 Å². The first kappa shape index (κ1) is 9.16. The summed E-state index contributed by atoms with van der Waals surface area (Å²) in [4.78, 5) is 3.12. The van der Waals surface area contributed by atoms with E-state index in [0.717, 1.165) is 17.0 Å². The van der Waals surface area contributed by atoms with Crippen molar-refractivity contribution >= 4 is 11.6 Å². The molecule has 1 heterocycles. The van der Waals surface area contributed by atoms with Crippen LogP contribution in [0.4, 0.5) is 0 Å². The number of benzene rings is 1. The van der Waals surface area contributed by atoms with Gasteiger partial charge in [0.1, 0.15) is 5.75 Å². The zero-order valence-electron chi connectivity index (χ0n) is 7.75. The van der Waals surface area contributed by atoms with Crippen molar-refractivity contribution in [3.05, 3.63) is 41.6 Å². The molecule has 0 radical (unpaired) electrons. The van der Waals surface area contributed by atoms with Crippen molar-refractivity contribution < 1.29 is 4.74 Å². The summed E-state index contributed by atoms with van der Waals surface area (Å²) in [7, 11) is 1.65. The molecule has 2 rings (SSSR count). The molecule has 14 heavy (non-hydrogen) atoms. The van der Waals surface area contributed by atoms with Crippen LogP contribution in [0.25, 0.3) is 11.3 Å². The molecule has 2 nitrogen and oxygen atoms in total. The van der Waals surface area contributed by atoms with E-state index in [1.807, 2.05) is 36.5 Å². The van der Waals surface area contributed by atoms with E-state index >= 15 is 0 Å². The monoisotopic (exact) mass is 207 g/mol. The molecule has 72 valence electrons. The predicted octanol–water partition coefficient (Wildman–Crippen LogP) is 3.34. The lowest BCUT2D eigenvalue weighted by molar-refractivity contribution is 0.416. The summed E-state index contributed by atoms with van der Waals surface area (Å²) in [5.41, 5.74) is 1.98. The summed E-state index contributed by atoms with van der Waals surface area (Å²) >= 11 is 5.92. The molecule has 0 aliphatic carbocycles. The van der Waals surface area contributed by atoms with Gasteiger partial charge in [-0.25, -0.2) is 0 Å². The number of nitrogens with one attached hydrogen (secondary N) is 1. The second-order valence-corrected chi connectivity index (χ2v) is 3.36. The Morgan fingerprint density at radius 1 is 1.29 bits per heavy atom. The van der Waals surface area contributed by atoms with Gasteiger partial charge in [0.15, 0.2) is 0 Å². The number of halogens is 1. The smallest absolute Gasteiger partial charge is 0.128 e. The van der Waals surface area contributed by atoms with Crippen molar-refractivity contribution in [2.75, 3.05) is 7.11 Å². The van der Waals surface area contributed by atoms with E-state index in [1.54, 1.807) is 7.11 Å². The summed E-state index contributed by atoms with van der Waals surface area (Å²) in [6.45, 7) is 0. The maximum atomic E-state index is 5.92. The first-order chi connectivity index (χ1) is 6.81. The average Bonchev–Trinajstić information content (AvgIpc) is 2.70. The average molecular weight is 208 g/mol. The fourth-order valence-electron chi connectivity index (χ4n) is 1.39. The maximum Gasteiger partial charge on any atom is 0.128 e. The molecule has 1 aromatic heterocycles. The fourth-order valence-corrected chi connectivity index (χ4v) is 1.56. The van der Waals surface area contributed by atoms with Crippen LogP contribution in [0.15, 0.2) is 36.5 Å². The highest BCUT2D eigenvalue weighted by molar-refractivity contribution is 6.30. The van der Waals surface area contributed by atoms with Crippen LogP contribution in [-0.4, -0.2) is 12.1 Å². The third kappa shape index (κ3) is 1.61. The molecule has 0 saturated carbocycles. The number of rotatable bonds is 2. The fraction of sp³-hybridized carbons (Fsp3) is 0.0909. The van der Waals surface area contributed by atoms with Gasteiger partial charge in [-0.3, -0.25) is 0 Å². The third-order valence-electron chi connectivity index (χ3n) is 2.05. The second-order valence-electron chi connectivity index (χ2n) is 2.93. The Balaban J connectivity index is 2.55. The van der Waals surface area contributed by atoms with Crippen molar-refractivity contribution in [1.29, 1.82) is 0 Å². The number of ether oxygens (including phenoxy) is 1. The molecule has 0 atom stereocenters. The topological polar surface area (TPSA) is 25.0 Å². The molecular weight excluding hydrogens is 198 g/mol. The normalized spacial score (nSPS) is 10.1. The van der Waals surface area contributed by atoms with Gasteiger partial charge in [-0.15, -0.1) is 0 Å². The number of aromatic nitrogens is 1. The van der Waals surface area contributed by atoms with Crippen LogP contribution in [0.1, 0.15) is 0 Å². The van der Waals surface area contributed by atoms with E-state index in [0.29, 0.717) is 5.02 Å². The first-order valence-electron chi connectivity index (χ1n) is 4.28. The van der Waals surface area contributed by atoms with Crippen LogP contribution < -0.4 is 4.74 Å². The van der Waals surface area contributed by atoms with Gasteiger partial charge < -0.3 is 9.72 Å². The SMILES string of the molecule is COc1ccc(Cl)cc1-c1ccc[nH]1. The number of hydrogen-bond donors (Lipinski definition) is 1. The van der Waals surface area contributed by atoms with Gasteiger partial charge in [-0.05, 0) is 30.3 Å².